The van der Waals surface area contributed by atoms with Crippen molar-refractivity contribution in [3.63, 3.8) is 0 Å². The number of hydrogen-bond acceptors (Lipinski definition) is 1. The van der Waals surface area contributed by atoms with Crippen LogP contribution in [0.4, 0.5) is 0 Å². The van der Waals surface area contributed by atoms with Crippen molar-refractivity contribution in [1.29, 1.82) is 0 Å². The molecule has 0 fully saturated rings. The van der Waals surface area contributed by atoms with Crippen LogP contribution in [0, 0.1) is 0 Å². The number of hydrogen-bond donors (Lipinski definition) is 1. The molecule has 0 atom stereocenters. The van der Waals surface area contributed by atoms with E-state index in [0.717, 1.165) is 6.08 Å². The van der Waals surface area contributed by atoms with Gasteiger partial charge in [-0.05, 0) is 6.85 Å². The third kappa shape index (κ3) is 3.70. The second-order valence-electron chi connectivity index (χ2n) is 0.585. The number of allylic oxidation sites excluding steroid dienone is 1. The molecule has 0 aliphatic rings. The van der Waals surface area contributed by atoms with Crippen LogP contribution in [0.2, 0.25) is 0 Å². The molecule has 0 rings (SSSR count). The first-order chi connectivity index (χ1) is 3.56. The smallest absolute Gasteiger partial charge is 0.0612 e. The summed E-state index contributed by atoms with van der Waals surface area (Å²) in [6.45, 7) is -2.25. The minimum Gasteiger partial charge on any atom is -0.392 e. The van der Waals surface area contributed by atoms with Gasteiger partial charge in [0.15, 0.2) is 0 Å². The highest BCUT2D eigenvalue weighted by Crippen LogP contribution is 1.60. The van der Waals surface area contributed by atoms with Crippen LogP contribution in [0.1, 0.15) is 11.0 Å². The summed E-state index contributed by atoms with van der Waals surface area (Å²) in [5.41, 5.74) is 0. The molecule has 0 amide bonds. The first-order valence-corrected chi connectivity index (χ1v) is 1.35. The third-order valence-electron chi connectivity index (χ3n) is 0.223. The molecule has 0 spiro atoms. The average molecular weight is 75.1 g/mol. The molecule has 0 bridgehead atoms. The molecule has 0 unspecified atom stereocenters. The Morgan fingerprint density at radius 3 is 3.20 bits per heavy atom. The van der Waals surface area contributed by atoms with E-state index >= 15 is 0 Å². The summed E-state index contributed by atoms with van der Waals surface area (Å²) in [6, 6.07) is 0. The molecule has 30 valence electrons. The Bertz CT molecular complexity index is 83.8. The van der Waals surface area contributed by atoms with E-state index in [1.807, 2.05) is 0 Å². The number of aliphatic hydroxyl groups is 1. The van der Waals surface area contributed by atoms with Crippen molar-refractivity contribution in [3.05, 3.63) is 12.2 Å². The predicted octanol–water partition coefficient (Wildman–Crippen LogP) is 0.555. The van der Waals surface area contributed by atoms with Gasteiger partial charge < -0.3 is 5.11 Å². The zero-order chi connectivity index (χ0) is 6.62. The van der Waals surface area contributed by atoms with Gasteiger partial charge in [0, 0.05) is 4.11 Å². The zero-order valence-corrected chi connectivity index (χ0v) is 2.81. The van der Waals surface area contributed by atoms with E-state index in [-0.39, 0.29) is 6.61 Å². The maximum Gasteiger partial charge on any atom is 0.0612 e. The monoisotopic (exact) mass is 75.1 g/mol. The molecule has 0 heterocycles. The van der Waals surface area contributed by atoms with E-state index in [4.69, 9.17) is 9.22 Å². The Morgan fingerprint density at radius 1 is 2.20 bits per heavy atom. The zero-order valence-electron chi connectivity index (χ0n) is 5.81. The molecule has 0 saturated heterocycles. The average Bonchev–Trinajstić information content (AvgIpc) is 1.59. The van der Waals surface area contributed by atoms with Gasteiger partial charge in [-0.2, -0.15) is 0 Å². The van der Waals surface area contributed by atoms with Crippen LogP contribution in [0.15, 0.2) is 12.2 Å². The van der Waals surface area contributed by atoms with Gasteiger partial charge in [0.05, 0.1) is 6.61 Å². The minimum absolute atomic E-state index is 0.210. The van der Waals surface area contributed by atoms with Crippen LogP contribution in [-0.4, -0.2) is 11.7 Å². The second-order valence-corrected chi connectivity index (χ2v) is 0.585. The van der Waals surface area contributed by atoms with Crippen molar-refractivity contribution < 1.29 is 9.22 Å². The molecule has 0 aromatic carbocycles. The topological polar surface area (TPSA) is 20.2 Å². The molecule has 1 heteroatoms. The fourth-order valence-corrected chi connectivity index (χ4v) is 0.0527. The molecular weight excluding hydrogens is 64.0 g/mol. The van der Waals surface area contributed by atoms with E-state index in [0.29, 0.717) is 0 Å². The molecule has 0 aromatic rings. The minimum atomic E-state index is -2.04. The lowest BCUT2D eigenvalue weighted by Crippen LogP contribution is -1.65. The van der Waals surface area contributed by atoms with Gasteiger partial charge in [-0.1, -0.05) is 12.2 Å². The van der Waals surface area contributed by atoms with Crippen LogP contribution in [0.25, 0.3) is 0 Å². The van der Waals surface area contributed by atoms with Crippen molar-refractivity contribution >= 4 is 0 Å². The normalized spacial score (nSPS) is 21.4. The maximum atomic E-state index is 8.09. The van der Waals surface area contributed by atoms with Gasteiger partial charge in [-0.25, -0.2) is 0 Å². The predicted molar refractivity (Wildman–Crippen MR) is 21.9 cm³/mol. The van der Waals surface area contributed by atoms with Crippen molar-refractivity contribution in [2.75, 3.05) is 6.61 Å². The Morgan fingerprint density at radius 2 is 3.00 bits per heavy atom. The first-order valence-electron chi connectivity index (χ1n) is 2.85. The fourth-order valence-electron chi connectivity index (χ4n) is 0.0527. The standard InChI is InChI=1S/C4H8O/c1-2-3-4-5/h2-3,5H,4H2,1H3/b3-2+/i1D3. The lowest BCUT2D eigenvalue weighted by atomic mass is 10.6. The van der Waals surface area contributed by atoms with Gasteiger partial charge in [-0.15, -0.1) is 0 Å². The Hall–Kier alpha value is -0.300. The molecule has 5 heavy (non-hydrogen) atoms. The summed E-state index contributed by atoms with van der Waals surface area (Å²) in [4.78, 5) is 0. The highest BCUT2D eigenvalue weighted by atomic mass is 16.2. The third-order valence-corrected chi connectivity index (χ3v) is 0.223. The second kappa shape index (κ2) is 3.70. The van der Waals surface area contributed by atoms with Crippen LogP contribution >= 0.6 is 0 Å². The Labute approximate surface area is 36.2 Å². The molecule has 0 aliphatic carbocycles. The van der Waals surface area contributed by atoms with E-state index in [1.54, 1.807) is 0 Å². The summed E-state index contributed by atoms with van der Waals surface area (Å²) in [5, 5.41) is 8.09. The molecule has 0 radical (unpaired) electrons. The first kappa shape index (κ1) is 1.43. The SMILES string of the molecule is [2H]C([2H])([2H])/C=C/CO. The van der Waals surface area contributed by atoms with E-state index in [9.17, 15) is 0 Å². The van der Waals surface area contributed by atoms with E-state index in [2.05, 4.69) is 0 Å². The molecular formula is C4H8O. The van der Waals surface area contributed by atoms with E-state index in [1.165, 1.54) is 6.08 Å². The lowest BCUT2D eigenvalue weighted by Gasteiger charge is -1.66. The van der Waals surface area contributed by atoms with Crippen molar-refractivity contribution in [2.45, 2.75) is 6.85 Å². The summed E-state index contributed by atoms with van der Waals surface area (Å²) in [5.74, 6) is 0. The number of rotatable bonds is 1. The molecule has 0 aliphatic heterocycles. The van der Waals surface area contributed by atoms with Crippen molar-refractivity contribution in [3.8, 4) is 0 Å². The summed E-state index contributed by atoms with van der Waals surface area (Å²) in [7, 11) is 0. The van der Waals surface area contributed by atoms with E-state index < -0.39 is 6.85 Å². The quantitative estimate of drug-likeness (QED) is 0.451. The Kier molecular flexibility index (Phi) is 1.06. The van der Waals surface area contributed by atoms with Crippen LogP contribution in [-0.2, 0) is 0 Å². The molecule has 1 N–H and O–H groups in total. The van der Waals surface area contributed by atoms with Gasteiger partial charge >= 0.3 is 0 Å². The van der Waals surface area contributed by atoms with Crippen molar-refractivity contribution in [2.24, 2.45) is 0 Å². The largest absolute Gasteiger partial charge is 0.392 e. The lowest BCUT2D eigenvalue weighted by molar-refractivity contribution is 0.342. The highest BCUT2D eigenvalue weighted by molar-refractivity contribution is 4.74. The van der Waals surface area contributed by atoms with Crippen LogP contribution in [0.5, 0.6) is 0 Å². The molecule has 1 nitrogen and oxygen atoms in total. The highest BCUT2D eigenvalue weighted by Gasteiger charge is 1.52. The number of aliphatic hydroxyl groups excluding tert-OH is 1. The molecule has 0 saturated carbocycles. The summed E-state index contributed by atoms with van der Waals surface area (Å²) in [6.07, 6.45) is 2.19. The Balaban J connectivity index is 3.52. The summed E-state index contributed by atoms with van der Waals surface area (Å²) >= 11 is 0. The van der Waals surface area contributed by atoms with Gasteiger partial charge in [0.1, 0.15) is 0 Å². The fraction of sp³-hybridized carbons (Fsp3) is 0.500. The maximum absolute atomic E-state index is 8.09. The van der Waals surface area contributed by atoms with Crippen LogP contribution < -0.4 is 0 Å². The molecule has 0 aromatic heterocycles. The summed E-state index contributed by atoms with van der Waals surface area (Å²) < 4.78 is 19.7. The van der Waals surface area contributed by atoms with Gasteiger partial charge in [0.2, 0.25) is 0 Å². The van der Waals surface area contributed by atoms with Crippen LogP contribution in [0.3, 0.4) is 0 Å². The van der Waals surface area contributed by atoms with Gasteiger partial charge in [-0.3, -0.25) is 0 Å². The van der Waals surface area contributed by atoms with Gasteiger partial charge in [0.25, 0.3) is 0 Å². The van der Waals surface area contributed by atoms with Crippen molar-refractivity contribution in [1.82, 2.24) is 0 Å².